The molecule has 4 rings (SSSR count). The standard InChI is InChI=1S/C22H23ClN4O3/c1-14-3-5-16(6-4-14)21-27-17(13-30-21)12-26-22(24-2)25-11-15-9-18(23)20-19(10-15)28-7-8-29-20/h3-6,9-10,13H,7-8,11-12H2,1-2H3,(H2,24,25,26). The number of aliphatic imine (C=N–C) groups is 1. The Morgan fingerprint density at radius 1 is 1.10 bits per heavy atom. The number of rotatable bonds is 5. The molecule has 0 aliphatic carbocycles. The summed E-state index contributed by atoms with van der Waals surface area (Å²) < 4.78 is 16.8. The van der Waals surface area contributed by atoms with E-state index >= 15 is 0 Å². The first-order chi connectivity index (χ1) is 14.6. The van der Waals surface area contributed by atoms with Crippen LogP contribution < -0.4 is 20.1 Å². The Morgan fingerprint density at radius 3 is 2.67 bits per heavy atom. The molecule has 2 aromatic carbocycles. The molecule has 0 spiro atoms. The first kappa shape index (κ1) is 20.1. The van der Waals surface area contributed by atoms with Crippen LogP contribution in [0.2, 0.25) is 5.02 Å². The predicted molar refractivity (Wildman–Crippen MR) is 116 cm³/mol. The van der Waals surface area contributed by atoms with Gasteiger partial charge in [-0.05, 0) is 36.8 Å². The number of guanidine groups is 1. The van der Waals surface area contributed by atoms with E-state index in [-0.39, 0.29) is 0 Å². The van der Waals surface area contributed by atoms with E-state index < -0.39 is 0 Å². The fourth-order valence-corrected chi connectivity index (χ4v) is 3.35. The summed E-state index contributed by atoms with van der Waals surface area (Å²) in [5.41, 5.74) is 3.90. The Morgan fingerprint density at radius 2 is 1.87 bits per heavy atom. The van der Waals surface area contributed by atoms with Crippen LogP contribution in [0, 0.1) is 6.92 Å². The molecule has 30 heavy (non-hydrogen) atoms. The number of fused-ring (bicyclic) bond motifs is 1. The van der Waals surface area contributed by atoms with Crippen molar-refractivity contribution in [1.82, 2.24) is 15.6 Å². The summed E-state index contributed by atoms with van der Waals surface area (Å²) >= 11 is 6.30. The number of nitrogens with one attached hydrogen (secondary N) is 2. The second-order valence-electron chi connectivity index (χ2n) is 6.89. The molecule has 156 valence electrons. The highest BCUT2D eigenvalue weighted by Gasteiger charge is 2.16. The largest absolute Gasteiger partial charge is 0.486 e. The third-order valence-electron chi connectivity index (χ3n) is 4.63. The quantitative estimate of drug-likeness (QED) is 0.475. The average Bonchev–Trinajstić information content (AvgIpc) is 3.23. The van der Waals surface area contributed by atoms with Crippen molar-refractivity contribution in [2.24, 2.45) is 4.99 Å². The lowest BCUT2D eigenvalue weighted by atomic mass is 10.1. The van der Waals surface area contributed by atoms with Crippen molar-refractivity contribution >= 4 is 17.6 Å². The number of oxazole rings is 1. The highest BCUT2D eigenvalue weighted by Crippen LogP contribution is 2.38. The van der Waals surface area contributed by atoms with E-state index in [9.17, 15) is 0 Å². The van der Waals surface area contributed by atoms with E-state index in [0.717, 1.165) is 16.8 Å². The van der Waals surface area contributed by atoms with Crippen LogP contribution in [0.5, 0.6) is 11.5 Å². The molecular formula is C22H23ClN4O3. The molecule has 0 atom stereocenters. The lowest BCUT2D eigenvalue weighted by Gasteiger charge is -2.20. The molecule has 0 saturated carbocycles. The van der Waals surface area contributed by atoms with Gasteiger partial charge < -0.3 is 24.5 Å². The van der Waals surface area contributed by atoms with Crippen molar-refractivity contribution in [3.63, 3.8) is 0 Å². The zero-order valence-electron chi connectivity index (χ0n) is 16.9. The molecular weight excluding hydrogens is 404 g/mol. The number of hydrogen-bond acceptors (Lipinski definition) is 5. The number of halogens is 1. The maximum atomic E-state index is 6.30. The monoisotopic (exact) mass is 426 g/mol. The maximum absolute atomic E-state index is 6.30. The summed E-state index contributed by atoms with van der Waals surface area (Å²) in [5, 5.41) is 7.03. The topological polar surface area (TPSA) is 80.9 Å². The minimum Gasteiger partial charge on any atom is -0.486 e. The molecule has 2 heterocycles. The number of nitrogens with zero attached hydrogens (tertiary/aromatic N) is 2. The molecule has 7 nitrogen and oxygen atoms in total. The summed E-state index contributed by atoms with van der Waals surface area (Å²) in [4.78, 5) is 8.78. The fourth-order valence-electron chi connectivity index (χ4n) is 3.06. The van der Waals surface area contributed by atoms with E-state index in [2.05, 4.69) is 20.6 Å². The van der Waals surface area contributed by atoms with Crippen molar-refractivity contribution < 1.29 is 13.9 Å². The van der Waals surface area contributed by atoms with Gasteiger partial charge in [-0.3, -0.25) is 4.99 Å². The molecule has 3 aromatic rings. The summed E-state index contributed by atoms with van der Waals surface area (Å²) in [6.45, 7) is 4.09. The van der Waals surface area contributed by atoms with Crippen LogP contribution in [0.1, 0.15) is 16.8 Å². The smallest absolute Gasteiger partial charge is 0.226 e. The Balaban J connectivity index is 1.34. The van der Waals surface area contributed by atoms with E-state index in [1.165, 1.54) is 5.56 Å². The lowest BCUT2D eigenvalue weighted by molar-refractivity contribution is 0.171. The summed E-state index contributed by atoms with van der Waals surface area (Å²) in [6, 6.07) is 11.8. The molecule has 0 bridgehead atoms. The molecule has 0 fully saturated rings. The number of aromatic nitrogens is 1. The first-order valence-electron chi connectivity index (χ1n) is 9.66. The number of aryl methyl sites for hydroxylation is 1. The van der Waals surface area contributed by atoms with Gasteiger partial charge in [-0.15, -0.1) is 0 Å². The Bertz CT molecular complexity index is 1050. The Hall–Kier alpha value is -3.19. The van der Waals surface area contributed by atoms with E-state index in [0.29, 0.717) is 54.7 Å². The van der Waals surface area contributed by atoms with Crippen LogP contribution in [-0.4, -0.2) is 31.2 Å². The molecule has 1 aliphatic heterocycles. The summed E-state index contributed by atoms with van der Waals surface area (Å²) in [6.07, 6.45) is 1.65. The second-order valence-corrected chi connectivity index (χ2v) is 7.30. The van der Waals surface area contributed by atoms with Crippen molar-refractivity contribution in [2.75, 3.05) is 20.3 Å². The van der Waals surface area contributed by atoms with Crippen molar-refractivity contribution in [3.8, 4) is 23.0 Å². The van der Waals surface area contributed by atoms with Crippen molar-refractivity contribution in [1.29, 1.82) is 0 Å². The highest BCUT2D eigenvalue weighted by molar-refractivity contribution is 6.32. The van der Waals surface area contributed by atoms with E-state index in [1.54, 1.807) is 13.3 Å². The fraction of sp³-hybridized carbons (Fsp3) is 0.273. The molecule has 1 aromatic heterocycles. The van der Waals surface area contributed by atoms with Crippen molar-refractivity contribution in [3.05, 3.63) is 64.5 Å². The molecule has 0 radical (unpaired) electrons. The van der Waals surface area contributed by atoms with Crippen molar-refractivity contribution in [2.45, 2.75) is 20.0 Å². The zero-order chi connectivity index (χ0) is 20.9. The Labute approximate surface area is 180 Å². The van der Waals surface area contributed by atoms with Crippen LogP contribution in [0.25, 0.3) is 11.5 Å². The van der Waals surface area contributed by atoms with Gasteiger partial charge in [0.25, 0.3) is 0 Å². The van der Waals surface area contributed by atoms with Gasteiger partial charge in [0.15, 0.2) is 17.5 Å². The zero-order valence-corrected chi connectivity index (χ0v) is 17.6. The van der Waals surface area contributed by atoms with E-state index in [4.69, 9.17) is 25.5 Å². The molecule has 8 heteroatoms. The third kappa shape index (κ3) is 4.68. The first-order valence-corrected chi connectivity index (χ1v) is 10.0. The normalized spacial score (nSPS) is 13.2. The number of hydrogen-bond donors (Lipinski definition) is 2. The van der Waals surface area contributed by atoms with Gasteiger partial charge in [-0.25, -0.2) is 4.98 Å². The van der Waals surface area contributed by atoms with Crippen LogP contribution in [0.3, 0.4) is 0 Å². The summed E-state index contributed by atoms with van der Waals surface area (Å²) in [5.74, 6) is 2.51. The number of benzene rings is 2. The second kappa shape index (κ2) is 9.09. The minimum absolute atomic E-state index is 0.483. The lowest BCUT2D eigenvalue weighted by Crippen LogP contribution is -2.36. The van der Waals surface area contributed by atoms with E-state index in [1.807, 2.05) is 43.3 Å². The highest BCUT2D eigenvalue weighted by atomic mass is 35.5. The molecule has 0 saturated heterocycles. The van der Waals surface area contributed by atoms with Gasteiger partial charge in [-0.1, -0.05) is 29.3 Å². The van der Waals surface area contributed by atoms with Gasteiger partial charge in [0.1, 0.15) is 19.5 Å². The SMILES string of the molecule is CN=C(NCc1cc(Cl)c2c(c1)OCCO2)NCc1coc(-c2ccc(C)cc2)n1. The molecule has 0 amide bonds. The van der Waals surface area contributed by atoms with Gasteiger partial charge in [0.2, 0.25) is 5.89 Å². The van der Waals surface area contributed by atoms with Gasteiger partial charge in [0, 0.05) is 19.2 Å². The van der Waals surface area contributed by atoms with Crippen LogP contribution in [0.4, 0.5) is 0 Å². The molecule has 1 aliphatic rings. The van der Waals surface area contributed by atoms with Crippen LogP contribution in [0.15, 0.2) is 52.1 Å². The van der Waals surface area contributed by atoms with Gasteiger partial charge >= 0.3 is 0 Å². The molecule has 2 N–H and O–H groups in total. The molecule has 0 unspecified atom stereocenters. The van der Waals surface area contributed by atoms with Gasteiger partial charge in [-0.2, -0.15) is 0 Å². The van der Waals surface area contributed by atoms with Crippen LogP contribution >= 0.6 is 11.6 Å². The number of ether oxygens (including phenoxy) is 2. The third-order valence-corrected chi connectivity index (χ3v) is 4.91. The predicted octanol–water partition coefficient (Wildman–Crippen LogP) is 3.94. The van der Waals surface area contributed by atoms with Gasteiger partial charge in [0.05, 0.1) is 17.3 Å². The van der Waals surface area contributed by atoms with Crippen LogP contribution in [-0.2, 0) is 13.1 Å². The maximum Gasteiger partial charge on any atom is 0.226 e. The minimum atomic E-state index is 0.483. The average molecular weight is 427 g/mol. The Kier molecular flexibility index (Phi) is 6.09. The summed E-state index contributed by atoms with van der Waals surface area (Å²) in [7, 11) is 1.71.